The highest BCUT2D eigenvalue weighted by atomic mass is 16.5. The molecule has 0 atom stereocenters. The molecule has 0 spiro atoms. The van der Waals surface area contributed by atoms with Crippen molar-refractivity contribution >= 4 is 54.8 Å². The van der Waals surface area contributed by atoms with Crippen molar-refractivity contribution in [1.29, 1.82) is 0 Å². The Morgan fingerprint density at radius 3 is 2.02 bits per heavy atom. The van der Waals surface area contributed by atoms with Gasteiger partial charge in [0.25, 0.3) is 0 Å². The van der Waals surface area contributed by atoms with Crippen molar-refractivity contribution in [3.8, 4) is 56.6 Å². The van der Waals surface area contributed by atoms with Crippen LogP contribution in [0.1, 0.15) is 26.3 Å². The fourth-order valence-electron chi connectivity index (χ4n) is 9.27. The van der Waals surface area contributed by atoms with Crippen molar-refractivity contribution in [3.05, 3.63) is 206 Å². The predicted octanol–water partition coefficient (Wildman–Crippen LogP) is 15.5. The number of rotatable bonds is 7. The van der Waals surface area contributed by atoms with Crippen LogP contribution in [0.15, 0.2) is 205 Å². The zero-order valence-corrected chi connectivity index (χ0v) is 35.7. The molecular formula is C58H42N4O2. The average molecular weight is 827 g/mol. The Balaban J connectivity index is 1.08. The lowest BCUT2D eigenvalue weighted by Gasteiger charge is -2.20. The fourth-order valence-corrected chi connectivity index (χ4v) is 9.27. The van der Waals surface area contributed by atoms with Crippen LogP contribution in [0.5, 0.6) is 11.5 Å². The molecule has 12 aromatic rings. The minimum absolute atomic E-state index is 0.0361. The van der Waals surface area contributed by atoms with Gasteiger partial charge in [-0.3, -0.25) is 9.13 Å². The number of fused-ring (bicyclic) bond motifs is 7. The van der Waals surface area contributed by atoms with Gasteiger partial charge in [0.1, 0.15) is 34.3 Å². The number of ether oxygens (including phenoxy) is 1. The first-order valence-corrected chi connectivity index (χ1v) is 21.7. The molecule has 8 aromatic carbocycles. The van der Waals surface area contributed by atoms with E-state index >= 15 is 0 Å². The molecule has 306 valence electrons. The van der Waals surface area contributed by atoms with Crippen molar-refractivity contribution < 1.29 is 9.15 Å². The van der Waals surface area contributed by atoms with Crippen LogP contribution in [-0.2, 0) is 5.41 Å². The largest absolute Gasteiger partial charge is 0.457 e. The van der Waals surface area contributed by atoms with Crippen LogP contribution in [-0.4, -0.2) is 19.1 Å². The molecule has 4 heterocycles. The summed E-state index contributed by atoms with van der Waals surface area (Å²) >= 11 is 0. The van der Waals surface area contributed by atoms with E-state index in [1.165, 1.54) is 5.56 Å². The number of nitrogens with zero attached hydrogens (tertiary/aromatic N) is 4. The maximum Gasteiger partial charge on any atom is 0.149 e. The second-order valence-electron chi connectivity index (χ2n) is 17.5. The highest BCUT2D eigenvalue weighted by Gasteiger charge is 2.24. The van der Waals surface area contributed by atoms with Gasteiger partial charge in [0.15, 0.2) is 0 Å². The first-order valence-electron chi connectivity index (χ1n) is 21.7. The van der Waals surface area contributed by atoms with Gasteiger partial charge >= 0.3 is 0 Å². The molecule has 0 amide bonds. The minimum atomic E-state index is -0.0361. The number of aromatic nitrogens is 4. The Morgan fingerprint density at radius 2 is 1.19 bits per heavy atom. The van der Waals surface area contributed by atoms with Gasteiger partial charge < -0.3 is 9.15 Å². The summed E-state index contributed by atoms with van der Waals surface area (Å²) < 4.78 is 18.5. The Morgan fingerprint density at radius 1 is 0.484 bits per heavy atom. The molecule has 0 fully saturated rings. The first-order chi connectivity index (χ1) is 31.4. The van der Waals surface area contributed by atoms with E-state index in [1.807, 2.05) is 18.3 Å². The molecule has 0 saturated carbocycles. The summed E-state index contributed by atoms with van der Waals surface area (Å²) in [6.45, 7) is 6.70. The summed E-state index contributed by atoms with van der Waals surface area (Å²) in [5, 5.41) is 4.22. The Bertz CT molecular complexity index is 3740. The average Bonchev–Trinajstić information content (AvgIpc) is 4.01. The quantitative estimate of drug-likeness (QED) is 0.161. The van der Waals surface area contributed by atoms with Crippen LogP contribution in [0.25, 0.3) is 99.9 Å². The Labute approximate surface area is 370 Å². The van der Waals surface area contributed by atoms with Gasteiger partial charge in [0.2, 0.25) is 0 Å². The van der Waals surface area contributed by atoms with E-state index in [1.54, 1.807) is 0 Å². The van der Waals surface area contributed by atoms with Crippen LogP contribution in [0, 0.1) is 0 Å². The molecule has 6 heteroatoms. The second kappa shape index (κ2) is 14.7. The van der Waals surface area contributed by atoms with Crippen molar-refractivity contribution in [3.63, 3.8) is 0 Å². The van der Waals surface area contributed by atoms with Crippen LogP contribution in [0.4, 0.5) is 0 Å². The third-order valence-corrected chi connectivity index (χ3v) is 12.4. The highest BCUT2D eigenvalue weighted by Crippen LogP contribution is 2.44. The first kappa shape index (κ1) is 37.5. The van der Waals surface area contributed by atoms with Crippen LogP contribution < -0.4 is 4.74 Å². The van der Waals surface area contributed by atoms with E-state index in [4.69, 9.17) is 19.1 Å². The van der Waals surface area contributed by atoms with E-state index in [2.05, 4.69) is 212 Å². The van der Waals surface area contributed by atoms with E-state index < -0.39 is 0 Å². The van der Waals surface area contributed by atoms with Gasteiger partial charge in [0, 0.05) is 39.4 Å². The fraction of sp³-hybridized carbons (Fsp3) is 0.0690. The molecule has 0 radical (unpaired) electrons. The Kier molecular flexibility index (Phi) is 8.63. The molecule has 0 N–H and O–H groups in total. The number of furan rings is 1. The van der Waals surface area contributed by atoms with Crippen molar-refractivity contribution in [1.82, 2.24) is 19.1 Å². The van der Waals surface area contributed by atoms with Gasteiger partial charge in [0.05, 0.1) is 33.3 Å². The number of pyridine rings is 1. The SMILES string of the molecule is CC(C)(C)c1ccnc(-n2c3ccccc3c3ccc(Oc4cc(-c5nc6ccccc6n5-c5ccccc5-c5ccccc5)c5oc6cc(-c7ccccc7)ccc6c5c4)cc32)c1. The summed E-state index contributed by atoms with van der Waals surface area (Å²) in [6.07, 6.45) is 1.91. The van der Waals surface area contributed by atoms with E-state index in [0.717, 1.165) is 99.9 Å². The number of benzene rings is 8. The smallest absolute Gasteiger partial charge is 0.149 e. The molecule has 64 heavy (non-hydrogen) atoms. The summed E-state index contributed by atoms with van der Waals surface area (Å²) in [4.78, 5) is 10.3. The predicted molar refractivity (Wildman–Crippen MR) is 262 cm³/mol. The van der Waals surface area contributed by atoms with Crippen molar-refractivity contribution in [2.24, 2.45) is 0 Å². The Hall–Kier alpha value is -8.22. The molecule has 0 aliphatic rings. The number of imidazole rings is 1. The number of hydrogen-bond acceptors (Lipinski definition) is 4. The zero-order chi connectivity index (χ0) is 42.9. The lowest BCUT2D eigenvalue weighted by molar-refractivity contribution is 0.484. The zero-order valence-electron chi connectivity index (χ0n) is 35.7. The molecule has 0 unspecified atom stereocenters. The monoisotopic (exact) mass is 826 g/mol. The molecule has 0 saturated heterocycles. The highest BCUT2D eigenvalue weighted by molar-refractivity contribution is 6.12. The van der Waals surface area contributed by atoms with Gasteiger partial charge in [-0.15, -0.1) is 0 Å². The van der Waals surface area contributed by atoms with Crippen molar-refractivity contribution in [2.45, 2.75) is 26.2 Å². The third-order valence-electron chi connectivity index (χ3n) is 12.4. The normalized spacial score (nSPS) is 12.0. The molecular weight excluding hydrogens is 785 g/mol. The lowest BCUT2D eigenvalue weighted by atomic mass is 9.88. The summed E-state index contributed by atoms with van der Waals surface area (Å²) in [5.74, 6) is 3.00. The molecule has 0 bridgehead atoms. The van der Waals surface area contributed by atoms with Crippen LogP contribution in [0.3, 0.4) is 0 Å². The number of hydrogen-bond donors (Lipinski definition) is 0. The van der Waals surface area contributed by atoms with Gasteiger partial charge in [-0.1, -0.05) is 136 Å². The number of para-hydroxylation sites is 4. The van der Waals surface area contributed by atoms with Crippen LogP contribution in [0.2, 0.25) is 0 Å². The summed E-state index contributed by atoms with van der Waals surface area (Å²) in [6, 6.07) is 67.6. The van der Waals surface area contributed by atoms with E-state index in [9.17, 15) is 0 Å². The molecule has 6 nitrogen and oxygen atoms in total. The third kappa shape index (κ3) is 6.25. The van der Waals surface area contributed by atoms with E-state index in [0.29, 0.717) is 11.5 Å². The van der Waals surface area contributed by atoms with Crippen LogP contribution >= 0.6 is 0 Å². The van der Waals surface area contributed by atoms with E-state index in [-0.39, 0.29) is 5.41 Å². The van der Waals surface area contributed by atoms with Crippen molar-refractivity contribution in [2.75, 3.05) is 0 Å². The molecule has 12 rings (SSSR count). The lowest BCUT2D eigenvalue weighted by Crippen LogP contribution is -2.12. The molecule has 0 aliphatic heterocycles. The second-order valence-corrected chi connectivity index (χ2v) is 17.5. The summed E-state index contributed by atoms with van der Waals surface area (Å²) in [7, 11) is 0. The topological polar surface area (TPSA) is 58.0 Å². The summed E-state index contributed by atoms with van der Waals surface area (Å²) in [5.41, 5.74) is 12.9. The maximum atomic E-state index is 7.03. The molecule has 0 aliphatic carbocycles. The maximum absolute atomic E-state index is 7.03. The van der Waals surface area contributed by atoms with Gasteiger partial charge in [-0.25, -0.2) is 9.97 Å². The standard InChI is InChI=1S/C58H42N4O2/c1-58(2,3)40-30-31-59-55(33-40)61-51-24-14-11-21-44(51)45-29-27-41(36-53(45)61)63-42-34-47-46-28-26-39(37-16-6-4-7-17-37)32-54(46)64-56(47)48(35-42)57-60-49-22-12-15-25-52(49)62(57)50-23-13-10-20-43(50)38-18-8-5-9-19-38/h4-36H,1-3H3. The molecule has 4 aromatic heterocycles. The minimum Gasteiger partial charge on any atom is -0.457 e. The van der Waals surface area contributed by atoms with Gasteiger partial charge in [-0.05, 0) is 100 Å². The van der Waals surface area contributed by atoms with Gasteiger partial charge in [-0.2, -0.15) is 0 Å².